The molecule has 86 valence electrons. The number of hydrogen-bond donors (Lipinski definition) is 3. The number of carbonyl (C=O) groups excluding carboxylic acids is 2. The summed E-state index contributed by atoms with van der Waals surface area (Å²) in [7, 11) is 0. The number of primary amides is 1. The summed E-state index contributed by atoms with van der Waals surface area (Å²) in [4.78, 5) is 22.0. The Morgan fingerprint density at radius 2 is 2.06 bits per heavy atom. The lowest BCUT2D eigenvalue weighted by atomic mass is 10.1. The summed E-state index contributed by atoms with van der Waals surface area (Å²) in [5.41, 5.74) is 12.6. The fourth-order valence-corrected chi connectivity index (χ4v) is 1.18. The Kier molecular flexibility index (Phi) is 3.88. The van der Waals surface area contributed by atoms with Gasteiger partial charge in [0, 0.05) is 24.2 Å². The number of amides is 2. The van der Waals surface area contributed by atoms with Gasteiger partial charge in [0.25, 0.3) is 5.91 Å². The molecule has 0 saturated carbocycles. The molecule has 0 atom stereocenters. The molecule has 5 nitrogen and oxygen atoms in total. The molecule has 0 aliphatic heterocycles. The molecule has 1 aromatic carbocycles. The Hall–Kier alpha value is -2.04. The van der Waals surface area contributed by atoms with Crippen LogP contribution in [0.15, 0.2) is 18.2 Å². The third kappa shape index (κ3) is 3.27. The van der Waals surface area contributed by atoms with Crippen LogP contribution in [-0.2, 0) is 4.79 Å². The van der Waals surface area contributed by atoms with Crippen LogP contribution in [0, 0.1) is 6.92 Å². The number of anilines is 1. The molecule has 0 fully saturated rings. The largest absolute Gasteiger partial charge is 0.398 e. The summed E-state index contributed by atoms with van der Waals surface area (Å²) < 4.78 is 0. The van der Waals surface area contributed by atoms with Crippen molar-refractivity contribution < 1.29 is 9.59 Å². The molecule has 0 aliphatic carbocycles. The van der Waals surface area contributed by atoms with Crippen molar-refractivity contribution in [2.75, 3.05) is 12.3 Å². The number of aryl methyl sites for hydroxylation is 1. The van der Waals surface area contributed by atoms with Crippen molar-refractivity contribution in [2.24, 2.45) is 5.73 Å². The molecule has 5 heteroatoms. The first-order chi connectivity index (χ1) is 7.50. The zero-order chi connectivity index (χ0) is 12.1. The minimum absolute atomic E-state index is 0.132. The molecule has 0 heterocycles. The summed E-state index contributed by atoms with van der Waals surface area (Å²) in [5, 5.41) is 2.58. The van der Waals surface area contributed by atoms with Crippen LogP contribution in [0.3, 0.4) is 0 Å². The third-order valence-corrected chi connectivity index (χ3v) is 2.20. The minimum Gasteiger partial charge on any atom is -0.398 e. The summed E-state index contributed by atoms with van der Waals surface area (Å²) in [6.07, 6.45) is 0.132. The van der Waals surface area contributed by atoms with Crippen LogP contribution < -0.4 is 16.8 Å². The minimum atomic E-state index is -0.441. The first kappa shape index (κ1) is 12.0. The van der Waals surface area contributed by atoms with Gasteiger partial charge in [-0.15, -0.1) is 0 Å². The first-order valence-corrected chi connectivity index (χ1v) is 4.93. The van der Waals surface area contributed by atoms with Crippen LogP contribution in [0.4, 0.5) is 5.69 Å². The first-order valence-electron chi connectivity index (χ1n) is 4.93. The number of nitrogen functional groups attached to an aromatic ring is 1. The van der Waals surface area contributed by atoms with E-state index in [0.29, 0.717) is 11.3 Å². The summed E-state index contributed by atoms with van der Waals surface area (Å²) >= 11 is 0. The smallest absolute Gasteiger partial charge is 0.251 e. The highest BCUT2D eigenvalue weighted by atomic mass is 16.2. The maximum Gasteiger partial charge on any atom is 0.251 e. The average Bonchev–Trinajstić information content (AvgIpc) is 2.21. The van der Waals surface area contributed by atoms with Crippen molar-refractivity contribution in [3.05, 3.63) is 29.3 Å². The molecule has 1 aromatic rings. The summed E-state index contributed by atoms with van der Waals surface area (Å²) in [5.74, 6) is -0.698. The number of rotatable bonds is 4. The molecular formula is C11H15N3O2. The van der Waals surface area contributed by atoms with Gasteiger partial charge in [0.2, 0.25) is 5.91 Å². The van der Waals surface area contributed by atoms with E-state index in [1.54, 1.807) is 18.2 Å². The van der Waals surface area contributed by atoms with Crippen molar-refractivity contribution in [1.82, 2.24) is 5.32 Å². The second kappa shape index (κ2) is 5.16. The standard InChI is InChI=1S/C11H15N3O2/c1-7-2-3-8(6-9(7)12)11(16)14-5-4-10(13)15/h2-3,6H,4-5,12H2,1H3,(H2,13,15)(H,14,16). The molecule has 0 saturated heterocycles. The monoisotopic (exact) mass is 221 g/mol. The van der Waals surface area contributed by atoms with Gasteiger partial charge in [0.15, 0.2) is 0 Å². The van der Waals surface area contributed by atoms with E-state index in [1.165, 1.54) is 0 Å². The summed E-state index contributed by atoms with van der Waals surface area (Å²) in [6, 6.07) is 5.07. The zero-order valence-corrected chi connectivity index (χ0v) is 9.12. The molecular weight excluding hydrogens is 206 g/mol. The van der Waals surface area contributed by atoms with Gasteiger partial charge in [-0.05, 0) is 24.6 Å². The quantitative estimate of drug-likeness (QED) is 0.632. The predicted molar refractivity (Wildman–Crippen MR) is 61.7 cm³/mol. The number of nitrogens with one attached hydrogen (secondary N) is 1. The van der Waals surface area contributed by atoms with Gasteiger partial charge in [-0.2, -0.15) is 0 Å². The lowest BCUT2D eigenvalue weighted by Gasteiger charge is -2.06. The van der Waals surface area contributed by atoms with E-state index < -0.39 is 5.91 Å². The van der Waals surface area contributed by atoms with E-state index in [9.17, 15) is 9.59 Å². The summed E-state index contributed by atoms with van der Waals surface area (Å²) in [6.45, 7) is 2.10. The molecule has 0 radical (unpaired) electrons. The second-order valence-electron chi connectivity index (χ2n) is 3.54. The van der Waals surface area contributed by atoms with Crippen molar-refractivity contribution >= 4 is 17.5 Å². The zero-order valence-electron chi connectivity index (χ0n) is 9.12. The highest BCUT2D eigenvalue weighted by molar-refractivity contribution is 5.95. The molecule has 1 rings (SSSR count). The Morgan fingerprint density at radius 1 is 1.38 bits per heavy atom. The van der Waals surface area contributed by atoms with Crippen LogP contribution in [0.25, 0.3) is 0 Å². The van der Waals surface area contributed by atoms with Gasteiger partial charge in [-0.3, -0.25) is 9.59 Å². The number of benzene rings is 1. The van der Waals surface area contributed by atoms with E-state index in [-0.39, 0.29) is 18.9 Å². The van der Waals surface area contributed by atoms with Gasteiger partial charge in [0.1, 0.15) is 0 Å². The van der Waals surface area contributed by atoms with E-state index in [4.69, 9.17) is 11.5 Å². The van der Waals surface area contributed by atoms with Crippen molar-refractivity contribution in [2.45, 2.75) is 13.3 Å². The van der Waals surface area contributed by atoms with Crippen LogP contribution in [-0.4, -0.2) is 18.4 Å². The Labute approximate surface area is 93.8 Å². The maximum atomic E-state index is 11.6. The van der Waals surface area contributed by atoms with E-state index in [1.807, 2.05) is 6.92 Å². The lowest BCUT2D eigenvalue weighted by molar-refractivity contribution is -0.117. The number of carbonyl (C=O) groups is 2. The molecule has 0 unspecified atom stereocenters. The topological polar surface area (TPSA) is 98.2 Å². The Bertz CT molecular complexity index is 416. The molecule has 0 aliphatic rings. The SMILES string of the molecule is Cc1ccc(C(=O)NCCC(N)=O)cc1N. The van der Waals surface area contributed by atoms with Gasteiger partial charge in [0.05, 0.1) is 0 Å². The van der Waals surface area contributed by atoms with Gasteiger partial charge in [-0.1, -0.05) is 6.07 Å². The van der Waals surface area contributed by atoms with Crippen LogP contribution in [0.1, 0.15) is 22.3 Å². The van der Waals surface area contributed by atoms with Crippen molar-refractivity contribution in [3.8, 4) is 0 Å². The molecule has 5 N–H and O–H groups in total. The molecule has 0 bridgehead atoms. The second-order valence-corrected chi connectivity index (χ2v) is 3.54. The average molecular weight is 221 g/mol. The van der Waals surface area contributed by atoms with Crippen LogP contribution in [0.2, 0.25) is 0 Å². The van der Waals surface area contributed by atoms with Crippen LogP contribution >= 0.6 is 0 Å². The van der Waals surface area contributed by atoms with Crippen molar-refractivity contribution in [1.29, 1.82) is 0 Å². The number of nitrogens with two attached hydrogens (primary N) is 2. The van der Waals surface area contributed by atoms with E-state index >= 15 is 0 Å². The fourth-order valence-electron chi connectivity index (χ4n) is 1.18. The fraction of sp³-hybridized carbons (Fsp3) is 0.273. The molecule has 0 aromatic heterocycles. The van der Waals surface area contributed by atoms with Crippen LogP contribution in [0.5, 0.6) is 0 Å². The number of hydrogen-bond acceptors (Lipinski definition) is 3. The maximum absolute atomic E-state index is 11.6. The van der Waals surface area contributed by atoms with E-state index in [0.717, 1.165) is 5.56 Å². The predicted octanol–water partition coefficient (Wildman–Crippen LogP) is 0.182. The highest BCUT2D eigenvalue weighted by Crippen LogP contribution is 2.12. The van der Waals surface area contributed by atoms with Gasteiger partial charge >= 0.3 is 0 Å². The molecule has 0 spiro atoms. The lowest BCUT2D eigenvalue weighted by Crippen LogP contribution is -2.27. The van der Waals surface area contributed by atoms with E-state index in [2.05, 4.69) is 5.32 Å². The molecule has 16 heavy (non-hydrogen) atoms. The Balaban J connectivity index is 2.59. The van der Waals surface area contributed by atoms with Gasteiger partial charge in [-0.25, -0.2) is 0 Å². The molecule has 2 amide bonds. The van der Waals surface area contributed by atoms with Crippen molar-refractivity contribution in [3.63, 3.8) is 0 Å². The van der Waals surface area contributed by atoms with Gasteiger partial charge < -0.3 is 16.8 Å². The Morgan fingerprint density at radius 3 is 2.62 bits per heavy atom. The highest BCUT2D eigenvalue weighted by Gasteiger charge is 2.06. The third-order valence-electron chi connectivity index (χ3n) is 2.20. The normalized spacial score (nSPS) is 9.81.